The lowest BCUT2D eigenvalue weighted by Crippen LogP contribution is -2.05. The van der Waals surface area contributed by atoms with Gasteiger partial charge in [-0.15, -0.1) is 0 Å². The smallest absolute Gasteiger partial charge is 0.320 e. The fourth-order valence-electron chi connectivity index (χ4n) is 1.82. The third-order valence-electron chi connectivity index (χ3n) is 3.01. The highest BCUT2D eigenvalue weighted by Gasteiger charge is 2.09. The van der Waals surface area contributed by atoms with E-state index in [1.165, 1.54) is 0 Å². The van der Waals surface area contributed by atoms with E-state index in [1.54, 1.807) is 0 Å². The number of fused-ring (bicyclic) bond motifs is 1. The molecule has 0 aliphatic heterocycles. The van der Waals surface area contributed by atoms with Gasteiger partial charge in [-0.2, -0.15) is 9.97 Å². The summed E-state index contributed by atoms with van der Waals surface area (Å²) >= 11 is 0. The standard InChI is InChI=1S/C16H22N2O2/c1-3-5-11-19-15-13-9-7-8-10-14(13)17-16(18-15)20-12-6-4-2/h7-10H,3-6,11-12H2,1-2H3. The van der Waals surface area contributed by atoms with Gasteiger partial charge in [-0.25, -0.2) is 0 Å². The molecule has 0 unspecified atom stereocenters. The number of unbranched alkanes of at least 4 members (excludes halogenated alkanes) is 2. The van der Waals surface area contributed by atoms with Crippen LogP contribution in [0.4, 0.5) is 0 Å². The largest absolute Gasteiger partial charge is 0.477 e. The van der Waals surface area contributed by atoms with Crippen molar-refractivity contribution >= 4 is 10.9 Å². The average Bonchev–Trinajstić information content (AvgIpc) is 2.48. The summed E-state index contributed by atoms with van der Waals surface area (Å²) in [6, 6.07) is 8.27. The molecule has 0 fully saturated rings. The number of rotatable bonds is 8. The molecule has 0 aliphatic rings. The monoisotopic (exact) mass is 274 g/mol. The minimum absolute atomic E-state index is 0.406. The Morgan fingerprint density at radius 1 is 0.900 bits per heavy atom. The molecule has 1 aromatic heterocycles. The first-order valence-electron chi connectivity index (χ1n) is 7.37. The molecule has 0 bridgehead atoms. The van der Waals surface area contributed by atoms with E-state index in [4.69, 9.17) is 9.47 Å². The second-order valence-corrected chi connectivity index (χ2v) is 4.73. The van der Waals surface area contributed by atoms with Gasteiger partial charge < -0.3 is 9.47 Å². The quantitative estimate of drug-likeness (QED) is 0.683. The molecule has 4 nitrogen and oxygen atoms in total. The molecule has 0 spiro atoms. The van der Waals surface area contributed by atoms with Crippen LogP contribution in [0.1, 0.15) is 39.5 Å². The summed E-state index contributed by atoms with van der Waals surface area (Å²) in [7, 11) is 0. The Balaban J connectivity index is 2.21. The van der Waals surface area contributed by atoms with Crippen LogP contribution in [-0.2, 0) is 0 Å². The number of benzene rings is 1. The first-order chi connectivity index (χ1) is 9.85. The van der Waals surface area contributed by atoms with Gasteiger partial charge >= 0.3 is 6.01 Å². The van der Waals surface area contributed by atoms with Gasteiger partial charge in [0.2, 0.25) is 5.88 Å². The minimum Gasteiger partial charge on any atom is -0.477 e. The Labute approximate surface area is 120 Å². The number of hydrogen-bond donors (Lipinski definition) is 0. The van der Waals surface area contributed by atoms with Crippen molar-refractivity contribution in [2.45, 2.75) is 39.5 Å². The lowest BCUT2D eigenvalue weighted by Gasteiger charge is -2.10. The Morgan fingerprint density at radius 3 is 2.35 bits per heavy atom. The van der Waals surface area contributed by atoms with E-state index >= 15 is 0 Å². The van der Waals surface area contributed by atoms with E-state index in [9.17, 15) is 0 Å². The molecular weight excluding hydrogens is 252 g/mol. The fraction of sp³-hybridized carbons (Fsp3) is 0.500. The van der Waals surface area contributed by atoms with Gasteiger partial charge in [-0.05, 0) is 25.0 Å². The molecule has 1 heterocycles. The molecule has 0 amide bonds. The molecule has 1 aromatic carbocycles. The van der Waals surface area contributed by atoms with Crippen molar-refractivity contribution in [1.82, 2.24) is 9.97 Å². The van der Waals surface area contributed by atoms with Gasteiger partial charge in [0.1, 0.15) is 0 Å². The zero-order valence-corrected chi connectivity index (χ0v) is 12.3. The zero-order valence-electron chi connectivity index (χ0n) is 12.3. The van der Waals surface area contributed by atoms with E-state index in [-0.39, 0.29) is 0 Å². The van der Waals surface area contributed by atoms with Crippen LogP contribution in [0, 0.1) is 0 Å². The van der Waals surface area contributed by atoms with Crippen molar-refractivity contribution in [2.24, 2.45) is 0 Å². The Morgan fingerprint density at radius 2 is 1.60 bits per heavy atom. The Kier molecular flexibility index (Phi) is 5.59. The third kappa shape index (κ3) is 3.83. The van der Waals surface area contributed by atoms with E-state index in [2.05, 4.69) is 23.8 Å². The highest BCUT2D eigenvalue weighted by molar-refractivity contribution is 5.83. The van der Waals surface area contributed by atoms with Crippen molar-refractivity contribution in [3.8, 4) is 11.9 Å². The van der Waals surface area contributed by atoms with Gasteiger partial charge in [0.15, 0.2) is 0 Å². The van der Waals surface area contributed by atoms with Crippen LogP contribution in [0.25, 0.3) is 10.9 Å². The molecule has 4 heteroatoms. The van der Waals surface area contributed by atoms with E-state index in [1.807, 2.05) is 24.3 Å². The molecule has 0 saturated heterocycles. The summed E-state index contributed by atoms with van der Waals surface area (Å²) < 4.78 is 11.4. The van der Waals surface area contributed by atoms with Crippen molar-refractivity contribution < 1.29 is 9.47 Å². The second-order valence-electron chi connectivity index (χ2n) is 4.73. The molecule has 0 radical (unpaired) electrons. The molecule has 20 heavy (non-hydrogen) atoms. The normalized spacial score (nSPS) is 10.7. The molecular formula is C16H22N2O2. The van der Waals surface area contributed by atoms with Crippen molar-refractivity contribution in [3.05, 3.63) is 24.3 Å². The summed E-state index contributed by atoms with van der Waals surface area (Å²) in [6.07, 6.45) is 4.21. The molecule has 2 rings (SSSR count). The van der Waals surface area contributed by atoms with Crippen molar-refractivity contribution in [3.63, 3.8) is 0 Å². The van der Waals surface area contributed by atoms with Gasteiger partial charge in [0.25, 0.3) is 0 Å². The van der Waals surface area contributed by atoms with Crippen LogP contribution >= 0.6 is 0 Å². The summed E-state index contributed by atoms with van der Waals surface area (Å²) in [5.74, 6) is 0.621. The van der Waals surface area contributed by atoms with Gasteiger partial charge in [0.05, 0.1) is 24.1 Å². The maximum Gasteiger partial charge on any atom is 0.320 e. The molecule has 0 N–H and O–H groups in total. The summed E-state index contributed by atoms with van der Waals surface area (Å²) in [5, 5.41) is 0.937. The maximum absolute atomic E-state index is 5.78. The number of ether oxygens (including phenoxy) is 2. The van der Waals surface area contributed by atoms with E-state index in [0.29, 0.717) is 25.1 Å². The summed E-state index contributed by atoms with van der Waals surface area (Å²) in [6.45, 7) is 5.58. The van der Waals surface area contributed by atoms with E-state index in [0.717, 1.165) is 36.6 Å². The van der Waals surface area contributed by atoms with Gasteiger partial charge in [-0.1, -0.05) is 38.8 Å². The third-order valence-corrected chi connectivity index (χ3v) is 3.01. The van der Waals surface area contributed by atoms with Crippen LogP contribution in [0.3, 0.4) is 0 Å². The maximum atomic E-state index is 5.78. The number of hydrogen-bond acceptors (Lipinski definition) is 4. The van der Waals surface area contributed by atoms with E-state index < -0.39 is 0 Å². The molecule has 0 saturated carbocycles. The lowest BCUT2D eigenvalue weighted by atomic mass is 10.2. The fourth-order valence-corrected chi connectivity index (χ4v) is 1.82. The molecule has 0 atom stereocenters. The highest BCUT2D eigenvalue weighted by Crippen LogP contribution is 2.24. The zero-order chi connectivity index (χ0) is 14.2. The minimum atomic E-state index is 0.406. The van der Waals surface area contributed by atoms with Crippen LogP contribution < -0.4 is 9.47 Å². The van der Waals surface area contributed by atoms with Crippen molar-refractivity contribution in [1.29, 1.82) is 0 Å². The van der Waals surface area contributed by atoms with Crippen LogP contribution in [-0.4, -0.2) is 23.2 Å². The van der Waals surface area contributed by atoms with Crippen LogP contribution in [0.2, 0.25) is 0 Å². The molecule has 2 aromatic rings. The molecule has 0 aliphatic carbocycles. The SMILES string of the molecule is CCCCOc1nc(OCCCC)c2ccccc2n1. The summed E-state index contributed by atoms with van der Waals surface area (Å²) in [4.78, 5) is 8.81. The van der Waals surface area contributed by atoms with Crippen LogP contribution in [0.15, 0.2) is 24.3 Å². The predicted molar refractivity (Wildman–Crippen MR) is 80.3 cm³/mol. The average molecular weight is 274 g/mol. The van der Waals surface area contributed by atoms with Gasteiger partial charge in [-0.3, -0.25) is 0 Å². The number of nitrogens with zero attached hydrogens (tertiary/aromatic N) is 2. The number of para-hydroxylation sites is 1. The Hall–Kier alpha value is -1.84. The second kappa shape index (κ2) is 7.68. The van der Waals surface area contributed by atoms with Crippen molar-refractivity contribution in [2.75, 3.05) is 13.2 Å². The lowest BCUT2D eigenvalue weighted by molar-refractivity contribution is 0.267. The Bertz CT molecular complexity index is 543. The number of aromatic nitrogens is 2. The summed E-state index contributed by atoms with van der Waals surface area (Å²) in [5.41, 5.74) is 0.862. The van der Waals surface area contributed by atoms with Gasteiger partial charge in [0, 0.05) is 0 Å². The highest BCUT2D eigenvalue weighted by atomic mass is 16.5. The first-order valence-corrected chi connectivity index (χ1v) is 7.37. The van der Waals surface area contributed by atoms with Crippen LogP contribution in [0.5, 0.6) is 11.9 Å². The topological polar surface area (TPSA) is 44.2 Å². The molecule has 108 valence electrons. The first kappa shape index (κ1) is 14.6. The predicted octanol–water partition coefficient (Wildman–Crippen LogP) is 3.99.